The number of nitrogens with two attached hydrogens (primary N) is 1. The summed E-state index contributed by atoms with van der Waals surface area (Å²) in [5.41, 5.74) is 4.92. The van der Waals surface area contributed by atoms with E-state index in [0.717, 1.165) is 25.9 Å². The molecule has 7 nitrogen and oxygen atoms in total. The van der Waals surface area contributed by atoms with E-state index in [4.69, 9.17) is 10.5 Å². The van der Waals surface area contributed by atoms with Gasteiger partial charge in [0.15, 0.2) is 0 Å². The van der Waals surface area contributed by atoms with Gasteiger partial charge in [-0.3, -0.25) is 14.5 Å². The summed E-state index contributed by atoms with van der Waals surface area (Å²) in [6.45, 7) is 5.98. The Bertz CT molecular complexity index is 984. The Balaban J connectivity index is 1.34. The monoisotopic (exact) mass is 468 g/mol. The molecule has 182 valence electrons. The minimum Gasteiger partial charge on any atom is -0.457 e. The average molecular weight is 469 g/mol. The Morgan fingerprint density at radius 2 is 1.56 bits per heavy atom. The van der Waals surface area contributed by atoms with E-state index in [2.05, 4.69) is 15.1 Å². The number of piperidine rings is 1. The predicted octanol–water partition coefficient (Wildman–Crippen LogP) is 2.99. The zero-order valence-electron chi connectivity index (χ0n) is 19.6. The third kappa shape index (κ3) is 5.74. The van der Waals surface area contributed by atoms with Crippen molar-refractivity contribution < 1.29 is 18.7 Å². The van der Waals surface area contributed by atoms with E-state index in [-0.39, 0.29) is 18.3 Å². The van der Waals surface area contributed by atoms with Crippen molar-refractivity contribution in [2.75, 3.05) is 32.7 Å². The molecule has 4 rings (SSSR count). The molecular weight excluding hydrogens is 435 g/mol. The Hall–Kier alpha value is -2.97. The molecule has 34 heavy (non-hydrogen) atoms. The summed E-state index contributed by atoms with van der Waals surface area (Å²) in [4.78, 5) is 29.9. The third-order valence-electron chi connectivity index (χ3n) is 6.94. The first-order valence-corrected chi connectivity index (χ1v) is 11.9. The number of halogens is 1. The standard InChI is InChI=1S/C26H33FN4O3/c1-26(25(28)33,19-4-8-22(9-5-19)34-23-10-6-20(27)7-11-23)29-24(32)18-30-16-12-21(13-17-30)31-14-2-3-15-31/h4-11,21H,2-3,12-18H2,1H3,(H2,28,33)(H,29,32). The molecule has 0 aromatic heterocycles. The quantitative estimate of drug-likeness (QED) is 0.622. The zero-order valence-corrected chi connectivity index (χ0v) is 19.6. The minimum absolute atomic E-state index is 0.229. The first kappa shape index (κ1) is 24.2. The normalized spacial score (nSPS) is 19.5. The number of primary amides is 1. The number of rotatable bonds is 8. The van der Waals surface area contributed by atoms with Crippen molar-refractivity contribution in [3.8, 4) is 11.5 Å². The van der Waals surface area contributed by atoms with E-state index in [1.165, 1.54) is 50.2 Å². The van der Waals surface area contributed by atoms with Crippen molar-refractivity contribution in [1.29, 1.82) is 0 Å². The molecule has 2 fully saturated rings. The van der Waals surface area contributed by atoms with Gasteiger partial charge < -0.3 is 20.7 Å². The number of amides is 2. The fourth-order valence-electron chi connectivity index (χ4n) is 4.84. The number of carbonyl (C=O) groups is 2. The molecule has 0 saturated carbocycles. The molecule has 1 atom stereocenters. The van der Waals surface area contributed by atoms with Crippen molar-refractivity contribution >= 4 is 11.8 Å². The maximum Gasteiger partial charge on any atom is 0.247 e. The fraction of sp³-hybridized carbons (Fsp3) is 0.462. The summed E-state index contributed by atoms with van der Waals surface area (Å²) in [6.07, 6.45) is 4.70. The molecule has 2 aliphatic heterocycles. The second-order valence-corrected chi connectivity index (χ2v) is 9.37. The van der Waals surface area contributed by atoms with Crippen molar-refractivity contribution in [1.82, 2.24) is 15.1 Å². The van der Waals surface area contributed by atoms with Crippen LogP contribution in [0.1, 0.15) is 38.2 Å². The lowest BCUT2D eigenvalue weighted by atomic mass is 9.91. The van der Waals surface area contributed by atoms with E-state index in [1.807, 2.05) is 0 Å². The van der Waals surface area contributed by atoms with E-state index in [1.54, 1.807) is 31.2 Å². The second-order valence-electron chi connectivity index (χ2n) is 9.37. The van der Waals surface area contributed by atoms with Gasteiger partial charge in [-0.15, -0.1) is 0 Å². The molecule has 2 aromatic carbocycles. The summed E-state index contributed by atoms with van der Waals surface area (Å²) in [5.74, 6) is -0.192. The maximum atomic E-state index is 13.1. The second kappa shape index (κ2) is 10.5. The maximum absolute atomic E-state index is 13.1. The highest BCUT2D eigenvalue weighted by Crippen LogP contribution is 2.27. The molecule has 0 bridgehead atoms. The van der Waals surface area contributed by atoms with Crippen LogP contribution in [0.5, 0.6) is 11.5 Å². The lowest BCUT2D eigenvalue weighted by Gasteiger charge is -2.37. The van der Waals surface area contributed by atoms with Crippen molar-refractivity contribution in [2.45, 2.75) is 44.2 Å². The fourth-order valence-corrected chi connectivity index (χ4v) is 4.84. The number of nitrogens with zero attached hydrogens (tertiary/aromatic N) is 2. The Morgan fingerprint density at radius 3 is 2.12 bits per heavy atom. The SMILES string of the molecule is CC(NC(=O)CN1CCC(N2CCCC2)CC1)(C(N)=O)c1ccc(Oc2ccc(F)cc2)cc1. The van der Waals surface area contributed by atoms with Crippen molar-refractivity contribution in [3.05, 3.63) is 59.9 Å². The lowest BCUT2D eigenvalue weighted by molar-refractivity contribution is -0.132. The summed E-state index contributed by atoms with van der Waals surface area (Å²) in [5, 5.41) is 2.85. The van der Waals surface area contributed by atoms with E-state index >= 15 is 0 Å². The van der Waals surface area contributed by atoms with E-state index in [9.17, 15) is 14.0 Å². The Morgan fingerprint density at radius 1 is 1.00 bits per heavy atom. The Labute approximate surface area is 200 Å². The van der Waals surface area contributed by atoms with Crippen molar-refractivity contribution in [3.63, 3.8) is 0 Å². The van der Waals surface area contributed by atoms with Crippen LogP contribution in [0.25, 0.3) is 0 Å². The number of likely N-dealkylation sites (tertiary alicyclic amines) is 2. The molecule has 0 spiro atoms. The van der Waals surface area contributed by atoms with Crippen LogP contribution in [0.4, 0.5) is 4.39 Å². The number of hydrogen-bond donors (Lipinski definition) is 2. The van der Waals surface area contributed by atoms with Crippen LogP contribution in [0.3, 0.4) is 0 Å². The smallest absolute Gasteiger partial charge is 0.247 e. The average Bonchev–Trinajstić information content (AvgIpc) is 3.36. The minimum atomic E-state index is -1.35. The molecule has 2 aliphatic rings. The van der Waals surface area contributed by atoms with Crippen LogP contribution in [0.2, 0.25) is 0 Å². The molecule has 8 heteroatoms. The predicted molar refractivity (Wildman–Crippen MR) is 128 cm³/mol. The highest BCUT2D eigenvalue weighted by molar-refractivity contribution is 5.91. The lowest BCUT2D eigenvalue weighted by Crippen LogP contribution is -2.55. The van der Waals surface area contributed by atoms with Gasteiger partial charge in [0.1, 0.15) is 22.9 Å². The first-order valence-electron chi connectivity index (χ1n) is 11.9. The largest absolute Gasteiger partial charge is 0.457 e. The third-order valence-corrected chi connectivity index (χ3v) is 6.94. The van der Waals surface area contributed by atoms with Gasteiger partial charge in [0.2, 0.25) is 11.8 Å². The molecule has 0 radical (unpaired) electrons. The van der Waals surface area contributed by atoms with Gasteiger partial charge in [0, 0.05) is 19.1 Å². The van der Waals surface area contributed by atoms with Gasteiger partial charge in [-0.05, 0) is 87.7 Å². The van der Waals surface area contributed by atoms with Gasteiger partial charge in [0.05, 0.1) is 6.54 Å². The van der Waals surface area contributed by atoms with E-state index in [0.29, 0.717) is 23.1 Å². The molecule has 2 saturated heterocycles. The molecule has 2 amide bonds. The molecule has 2 heterocycles. The summed E-state index contributed by atoms with van der Waals surface area (Å²) >= 11 is 0. The molecule has 2 aromatic rings. The molecule has 1 unspecified atom stereocenters. The van der Waals surface area contributed by atoms with Crippen LogP contribution in [-0.4, -0.2) is 60.4 Å². The van der Waals surface area contributed by atoms with Crippen LogP contribution in [0, 0.1) is 5.82 Å². The van der Waals surface area contributed by atoms with Gasteiger partial charge in [-0.25, -0.2) is 4.39 Å². The van der Waals surface area contributed by atoms with Crippen LogP contribution in [0.15, 0.2) is 48.5 Å². The summed E-state index contributed by atoms with van der Waals surface area (Å²) < 4.78 is 18.8. The molecule has 3 N–H and O–H groups in total. The van der Waals surface area contributed by atoms with Gasteiger partial charge >= 0.3 is 0 Å². The number of carbonyl (C=O) groups excluding carboxylic acids is 2. The number of benzene rings is 2. The number of nitrogens with one attached hydrogen (secondary N) is 1. The van der Waals surface area contributed by atoms with Crippen LogP contribution < -0.4 is 15.8 Å². The highest BCUT2D eigenvalue weighted by Gasteiger charge is 2.36. The number of ether oxygens (including phenoxy) is 1. The summed E-state index contributed by atoms with van der Waals surface area (Å²) in [6, 6.07) is 13.1. The summed E-state index contributed by atoms with van der Waals surface area (Å²) in [7, 11) is 0. The molecular formula is C26H33FN4O3. The van der Waals surface area contributed by atoms with E-state index < -0.39 is 11.4 Å². The zero-order chi connectivity index (χ0) is 24.1. The van der Waals surface area contributed by atoms with Crippen molar-refractivity contribution in [2.24, 2.45) is 5.73 Å². The van der Waals surface area contributed by atoms with Gasteiger partial charge in [0.25, 0.3) is 0 Å². The molecule has 0 aliphatic carbocycles. The van der Waals surface area contributed by atoms with Crippen LogP contribution in [-0.2, 0) is 15.1 Å². The van der Waals surface area contributed by atoms with Gasteiger partial charge in [-0.1, -0.05) is 12.1 Å². The van der Waals surface area contributed by atoms with Crippen LogP contribution >= 0.6 is 0 Å². The van der Waals surface area contributed by atoms with Gasteiger partial charge in [-0.2, -0.15) is 0 Å². The number of hydrogen-bond acceptors (Lipinski definition) is 5. The first-order chi connectivity index (χ1) is 16.3. The Kier molecular flexibility index (Phi) is 7.48. The topological polar surface area (TPSA) is 87.9 Å². The highest BCUT2D eigenvalue weighted by atomic mass is 19.1.